The monoisotopic (exact) mass is 325 g/mol. The fourth-order valence-electron chi connectivity index (χ4n) is 2.08. The minimum absolute atomic E-state index is 0.0870. The highest BCUT2D eigenvalue weighted by Crippen LogP contribution is 2.25. The molecule has 3 rings (SSSR count). The highest BCUT2D eigenvalue weighted by atomic mass is 16.5. The lowest BCUT2D eigenvalue weighted by molar-refractivity contribution is -0.118. The molecule has 0 aliphatic heterocycles. The zero-order chi connectivity index (χ0) is 16.8. The number of methoxy groups -OCH3 is 1. The van der Waals surface area contributed by atoms with Gasteiger partial charge in [-0.2, -0.15) is 4.68 Å². The van der Waals surface area contributed by atoms with Gasteiger partial charge in [0.05, 0.1) is 7.11 Å². The van der Waals surface area contributed by atoms with Crippen LogP contribution in [-0.4, -0.2) is 39.8 Å². The summed E-state index contributed by atoms with van der Waals surface area (Å²) in [4.78, 5) is 12.0. The summed E-state index contributed by atoms with van der Waals surface area (Å²) in [7, 11) is 1.55. The van der Waals surface area contributed by atoms with E-state index in [1.165, 1.54) is 11.0 Å². The summed E-state index contributed by atoms with van der Waals surface area (Å²) in [6.07, 6.45) is 1.45. The molecule has 0 saturated heterocycles. The molecule has 3 aromatic rings. The molecule has 2 aromatic carbocycles. The van der Waals surface area contributed by atoms with Gasteiger partial charge in [-0.15, -0.1) is 5.10 Å². The number of amides is 1. The van der Waals surface area contributed by atoms with Crippen molar-refractivity contribution in [2.45, 2.75) is 0 Å². The highest BCUT2D eigenvalue weighted by Gasteiger charge is 2.10. The topological polar surface area (TPSA) is 91.2 Å². The number of carbonyl (C=O) groups is 1. The Morgan fingerprint density at radius 2 is 2.04 bits per heavy atom. The first kappa shape index (κ1) is 15.5. The standard InChI is InChI=1S/C16H15N5O3/c1-23-15-8-7-12(9-14(15)21-11-17-19-20-21)18-16(22)10-24-13-5-3-2-4-6-13/h2-9,11H,10H2,1H3,(H,18,22). The molecule has 1 aromatic heterocycles. The maximum atomic E-state index is 12.0. The molecule has 0 unspecified atom stereocenters. The number of benzene rings is 2. The van der Waals surface area contributed by atoms with Crippen molar-refractivity contribution in [2.24, 2.45) is 0 Å². The number of nitrogens with one attached hydrogen (secondary N) is 1. The average molecular weight is 325 g/mol. The van der Waals surface area contributed by atoms with Crippen LogP contribution in [0.1, 0.15) is 0 Å². The van der Waals surface area contributed by atoms with E-state index < -0.39 is 0 Å². The zero-order valence-electron chi connectivity index (χ0n) is 12.9. The first-order chi connectivity index (χ1) is 11.8. The SMILES string of the molecule is COc1ccc(NC(=O)COc2ccccc2)cc1-n1cnnn1. The lowest BCUT2D eigenvalue weighted by Gasteiger charge is -2.11. The van der Waals surface area contributed by atoms with E-state index in [1.807, 2.05) is 18.2 Å². The number of aromatic nitrogens is 4. The summed E-state index contributed by atoms with van der Waals surface area (Å²) >= 11 is 0. The van der Waals surface area contributed by atoms with Gasteiger partial charge in [0, 0.05) is 5.69 Å². The van der Waals surface area contributed by atoms with Crippen LogP contribution in [0.3, 0.4) is 0 Å². The van der Waals surface area contributed by atoms with Gasteiger partial charge in [-0.25, -0.2) is 0 Å². The van der Waals surface area contributed by atoms with Crippen LogP contribution in [-0.2, 0) is 4.79 Å². The summed E-state index contributed by atoms with van der Waals surface area (Å²) in [5.74, 6) is 0.948. The number of hydrogen-bond donors (Lipinski definition) is 1. The van der Waals surface area contributed by atoms with Crippen molar-refractivity contribution in [3.8, 4) is 17.2 Å². The predicted molar refractivity (Wildman–Crippen MR) is 86.3 cm³/mol. The number of hydrogen-bond acceptors (Lipinski definition) is 6. The van der Waals surface area contributed by atoms with Gasteiger partial charge in [0.1, 0.15) is 23.5 Å². The summed E-state index contributed by atoms with van der Waals surface area (Å²) in [5, 5.41) is 13.8. The van der Waals surface area contributed by atoms with E-state index in [9.17, 15) is 4.79 Å². The Labute approximate surface area is 138 Å². The fourth-order valence-corrected chi connectivity index (χ4v) is 2.08. The third kappa shape index (κ3) is 3.67. The molecule has 0 aliphatic carbocycles. The van der Waals surface area contributed by atoms with Crippen LogP contribution in [0.5, 0.6) is 11.5 Å². The highest BCUT2D eigenvalue weighted by molar-refractivity contribution is 5.92. The molecule has 24 heavy (non-hydrogen) atoms. The van der Waals surface area contributed by atoms with E-state index in [0.29, 0.717) is 22.9 Å². The Morgan fingerprint density at radius 1 is 1.21 bits per heavy atom. The number of tetrazole rings is 1. The normalized spacial score (nSPS) is 10.2. The number of para-hydroxylation sites is 1. The van der Waals surface area contributed by atoms with E-state index in [1.54, 1.807) is 37.4 Å². The van der Waals surface area contributed by atoms with Crippen LogP contribution in [0.15, 0.2) is 54.9 Å². The molecule has 0 bridgehead atoms. The minimum atomic E-state index is -0.272. The van der Waals surface area contributed by atoms with Crippen LogP contribution in [0.25, 0.3) is 5.69 Å². The van der Waals surface area contributed by atoms with Gasteiger partial charge in [0.15, 0.2) is 6.61 Å². The Hall–Kier alpha value is -3.42. The summed E-state index contributed by atoms with van der Waals surface area (Å²) in [6.45, 7) is -0.0870. The summed E-state index contributed by atoms with van der Waals surface area (Å²) in [6, 6.07) is 14.3. The largest absolute Gasteiger partial charge is 0.494 e. The Kier molecular flexibility index (Phi) is 4.66. The molecule has 8 nitrogen and oxygen atoms in total. The summed E-state index contributed by atoms with van der Waals surface area (Å²) < 4.78 is 12.1. The van der Waals surface area contributed by atoms with Gasteiger partial charge in [-0.1, -0.05) is 18.2 Å². The molecule has 0 saturated carbocycles. The summed E-state index contributed by atoms with van der Waals surface area (Å²) in [5.41, 5.74) is 1.20. The van der Waals surface area contributed by atoms with E-state index in [2.05, 4.69) is 20.8 Å². The van der Waals surface area contributed by atoms with Crippen molar-refractivity contribution in [3.63, 3.8) is 0 Å². The molecular formula is C16H15N5O3. The van der Waals surface area contributed by atoms with Crippen molar-refractivity contribution in [3.05, 3.63) is 54.9 Å². The first-order valence-corrected chi connectivity index (χ1v) is 7.15. The number of anilines is 1. The predicted octanol–water partition coefficient (Wildman–Crippen LogP) is 1.69. The van der Waals surface area contributed by atoms with Gasteiger partial charge in [0.25, 0.3) is 5.91 Å². The van der Waals surface area contributed by atoms with E-state index >= 15 is 0 Å². The van der Waals surface area contributed by atoms with Crippen molar-refractivity contribution in [2.75, 3.05) is 19.0 Å². The molecule has 1 heterocycles. The lowest BCUT2D eigenvalue weighted by Crippen LogP contribution is -2.20. The van der Waals surface area contributed by atoms with Crippen molar-refractivity contribution < 1.29 is 14.3 Å². The fraction of sp³-hybridized carbons (Fsp3) is 0.125. The number of ether oxygens (including phenoxy) is 2. The first-order valence-electron chi connectivity index (χ1n) is 7.15. The molecule has 122 valence electrons. The van der Waals surface area contributed by atoms with Crippen LogP contribution >= 0.6 is 0 Å². The number of carbonyl (C=O) groups excluding carboxylic acids is 1. The molecular weight excluding hydrogens is 310 g/mol. The maximum Gasteiger partial charge on any atom is 0.262 e. The Bertz CT molecular complexity index is 806. The van der Waals surface area contributed by atoms with Gasteiger partial charge >= 0.3 is 0 Å². The molecule has 0 fully saturated rings. The molecule has 0 spiro atoms. The zero-order valence-corrected chi connectivity index (χ0v) is 12.9. The number of nitrogens with zero attached hydrogens (tertiary/aromatic N) is 4. The van der Waals surface area contributed by atoms with Crippen molar-refractivity contribution in [1.82, 2.24) is 20.2 Å². The van der Waals surface area contributed by atoms with Crippen LogP contribution in [0.4, 0.5) is 5.69 Å². The Morgan fingerprint density at radius 3 is 2.75 bits per heavy atom. The second-order valence-corrected chi connectivity index (χ2v) is 4.79. The van der Waals surface area contributed by atoms with Gasteiger partial charge in [-0.3, -0.25) is 4.79 Å². The molecule has 1 amide bonds. The Balaban J connectivity index is 1.68. The molecule has 1 N–H and O–H groups in total. The third-order valence-electron chi connectivity index (χ3n) is 3.17. The molecule has 0 radical (unpaired) electrons. The quantitative estimate of drug-likeness (QED) is 0.741. The van der Waals surface area contributed by atoms with Crippen molar-refractivity contribution >= 4 is 11.6 Å². The molecule has 0 aliphatic rings. The van der Waals surface area contributed by atoms with Crippen LogP contribution in [0, 0.1) is 0 Å². The van der Waals surface area contributed by atoms with Crippen molar-refractivity contribution in [1.29, 1.82) is 0 Å². The van der Waals surface area contributed by atoms with Crippen LogP contribution < -0.4 is 14.8 Å². The number of rotatable bonds is 6. The minimum Gasteiger partial charge on any atom is -0.494 e. The lowest BCUT2D eigenvalue weighted by atomic mass is 10.2. The second kappa shape index (κ2) is 7.23. The second-order valence-electron chi connectivity index (χ2n) is 4.79. The third-order valence-corrected chi connectivity index (χ3v) is 3.17. The van der Waals surface area contributed by atoms with E-state index in [0.717, 1.165) is 0 Å². The molecule has 0 atom stereocenters. The van der Waals surface area contributed by atoms with Gasteiger partial charge in [0.2, 0.25) is 0 Å². The van der Waals surface area contributed by atoms with Crippen LogP contribution in [0.2, 0.25) is 0 Å². The van der Waals surface area contributed by atoms with E-state index in [4.69, 9.17) is 9.47 Å². The maximum absolute atomic E-state index is 12.0. The average Bonchev–Trinajstić information content (AvgIpc) is 3.15. The van der Waals surface area contributed by atoms with E-state index in [-0.39, 0.29) is 12.5 Å². The van der Waals surface area contributed by atoms with Gasteiger partial charge in [-0.05, 0) is 40.8 Å². The molecule has 8 heteroatoms. The smallest absolute Gasteiger partial charge is 0.262 e. The van der Waals surface area contributed by atoms with Gasteiger partial charge < -0.3 is 14.8 Å².